The fraction of sp³-hybridized carbons (Fsp3) is 0.333. The Hall–Kier alpha value is -3.89. The Kier molecular flexibility index (Phi) is 6.50. The first-order valence-electron chi connectivity index (χ1n) is 12.6. The molecule has 11 heteroatoms. The van der Waals surface area contributed by atoms with Crippen molar-refractivity contribution in [3.05, 3.63) is 76.0 Å². The lowest BCUT2D eigenvalue weighted by Gasteiger charge is -2.27. The Labute approximate surface area is 222 Å². The molecule has 1 aliphatic carbocycles. The van der Waals surface area contributed by atoms with Crippen molar-refractivity contribution in [3.63, 3.8) is 0 Å². The first kappa shape index (κ1) is 24.4. The smallest absolute Gasteiger partial charge is 0.379 e. The van der Waals surface area contributed by atoms with Gasteiger partial charge in [0.25, 0.3) is 0 Å². The highest BCUT2D eigenvalue weighted by molar-refractivity contribution is 6.30. The van der Waals surface area contributed by atoms with Gasteiger partial charge in [-0.05, 0) is 48.9 Å². The second kappa shape index (κ2) is 10.1. The van der Waals surface area contributed by atoms with Gasteiger partial charge in [-0.15, -0.1) is 0 Å². The molecule has 194 valence electrons. The van der Waals surface area contributed by atoms with Gasteiger partial charge in [0.15, 0.2) is 6.10 Å². The predicted molar refractivity (Wildman–Crippen MR) is 141 cm³/mol. The number of halogens is 1. The zero-order valence-electron chi connectivity index (χ0n) is 20.7. The fourth-order valence-corrected chi connectivity index (χ4v) is 5.39. The largest absolute Gasteiger partial charge is 0.439 e. The summed E-state index contributed by atoms with van der Waals surface area (Å²) < 4.78 is 6.78. The summed E-state index contributed by atoms with van der Waals surface area (Å²) in [7, 11) is 0. The lowest BCUT2D eigenvalue weighted by atomic mass is 9.83. The molecule has 5 heterocycles. The van der Waals surface area contributed by atoms with Gasteiger partial charge in [0.05, 0.1) is 27.4 Å². The van der Waals surface area contributed by atoms with Gasteiger partial charge in [-0.1, -0.05) is 42.6 Å². The van der Waals surface area contributed by atoms with Gasteiger partial charge in [0.1, 0.15) is 11.5 Å². The van der Waals surface area contributed by atoms with Crippen molar-refractivity contribution in [1.29, 1.82) is 0 Å². The van der Waals surface area contributed by atoms with E-state index in [1.165, 1.54) is 12.8 Å². The summed E-state index contributed by atoms with van der Waals surface area (Å²) in [6.45, 7) is 2.97. The van der Waals surface area contributed by atoms with Gasteiger partial charge < -0.3 is 9.67 Å². The van der Waals surface area contributed by atoms with Crippen LogP contribution in [0.5, 0.6) is 0 Å². The number of rotatable bonds is 6. The second-order valence-electron chi connectivity index (χ2n) is 9.92. The molecular formula is C27H26ClN7O3. The van der Waals surface area contributed by atoms with Crippen LogP contribution in [-0.4, -0.2) is 39.8 Å². The molecule has 1 aliphatic rings. The number of aromatic amines is 1. The maximum absolute atomic E-state index is 11.7. The van der Waals surface area contributed by atoms with Crippen LogP contribution in [0.4, 0.5) is 0 Å². The van der Waals surface area contributed by atoms with Crippen molar-refractivity contribution in [2.24, 2.45) is 11.8 Å². The van der Waals surface area contributed by atoms with E-state index in [1.54, 1.807) is 36.8 Å². The molecule has 0 bridgehead atoms. The first-order chi connectivity index (χ1) is 18.5. The number of pyridine rings is 3. The van der Waals surface area contributed by atoms with Crippen LogP contribution in [0, 0.1) is 11.8 Å². The second-order valence-corrected chi connectivity index (χ2v) is 10.4. The lowest BCUT2D eigenvalue weighted by molar-refractivity contribution is 0.193. The molecule has 0 aromatic carbocycles. The molecule has 5 aromatic heterocycles. The Morgan fingerprint density at radius 3 is 2.74 bits per heavy atom. The summed E-state index contributed by atoms with van der Waals surface area (Å²) >= 11 is 6.31. The number of nitrogens with zero attached hydrogens (tertiary/aromatic N) is 6. The molecule has 6 rings (SSSR count). The van der Waals surface area contributed by atoms with Gasteiger partial charge in [0.2, 0.25) is 5.82 Å². The molecule has 38 heavy (non-hydrogen) atoms. The number of nitrogens with one attached hydrogen (secondary N) is 1. The summed E-state index contributed by atoms with van der Waals surface area (Å²) in [5.41, 5.74) is 3.44. The van der Waals surface area contributed by atoms with E-state index in [0.717, 1.165) is 18.4 Å². The Bertz CT molecular complexity index is 1640. The molecule has 0 radical (unpaired) electrons. The van der Waals surface area contributed by atoms with Crippen molar-refractivity contribution >= 4 is 22.6 Å². The number of fused-ring (bicyclic) bond motifs is 1. The average Bonchev–Trinajstić information content (AvgIpc) is 3.53. The standard InChI is InChI=1S/C27H26ClN7O3/c1-15-5-7-16(8-6-15)14-35-23-20(32-26(35)24(36)19-4-2-3-9-30-19)11-21(25-33-27(37)38-34-25)31-22(23)17-10-18(28)13-29-12-17/h2-4,9-13,15-16,24,36H,5-8,14H2,1H3,(H,33,34,37). The highest BCUT2D eigenvalue weighted by Crippen LogP contribution is 2.37. The third-order valence-electron chi connectivity index (χ3n) is 7.20. The van der Waals surface area contributed by atoms with E-state index in [0.29, 0.717) is 57.4 Å². The number of hydrogen-bond acceptors (Lipinski definition) is 8. The highest BCUT2D eigenvalue weighted by Gasteiger charge is 2.28. The van der Waals surface area contributed by atoms with E-state index >= 15 is 0 Å². The van der Waals surface area contributed by atoms with Crippen LogP contribution >= 0.6 is 11.6 Å². The van der Waals surface area contributed by atoms with Crippen LogP contribution in [-0.2, 0) is 6.54 Å². The van der Waals surface area contributed by atoms with Crippen molar-refractivity contribution in [3.8, 4) is 22.8 Å². The highest BCUT2D eigenvalue weighted by atomic mass is 35.5. The Morgan fingerprint density at radius 2 is 2.03 bits per heavy atom. The normalized spacial score (nSPS) is 18.6. The number of aliphatic hydroxyl groups is 1. The molecule has 1 fully saturated rings. The first-order valence-corrected chi connectivity index (χ1v) is 13.0. The molecule has 1 unspecified atom stereocenters. The minimum Gasteiger partial charge on any atom is -0.379 e. The Morgan fingerprint density at radius 1 is 1.18 bits per heavy atom. The summed E-state index contributed by atoms with van der Waals surface area (Å²) in [5.74, 6) is 1.11. The average molecular weight is 532 g/mol. The topological polar surface area (TPSA) is 136 Å². The zero-order chi connectivity index (χ0) is 26.2. The van der Waals surface area contributed by atoms with Crippen molar-refractivity contribution in [2.45, 2.75) is 45.3 Å². The third-order valence-corrected chi connectivity index (χ3v) is 7.41. The zero-order valence-corrected chi connectivity index (χ0v) is 21.5. The quantitative estimate of drug-likeness (QED) is 0.319. The molecule has 5 aromatic rings. The summed E-state index contributed by atoms with van der Waals surface area (Å²) in [5, 5.41) is 15.7. The van der Waals surface area contributed by atoms with Crippen LogP contribution < -0.4 is 5.76 Å². The summed E-state index contributed by atoms with van der Waals surface area (Å²) in [4.78, 5) is 32.6. The van der Waals surface area contributed by atoms with Crippen LogP contribution in [0.15, 0.2) is 58.2 Å². The van der Waals surface area contributed by atoms with Crippen LogP contribution in [0.2, 0.25) is 5.02 Å². The molecule has 0 spiro atoms. The number of imidazole rings is 1. The predicted octanol–water partition coefficient (Wildman–Crippen LogP) is 4.79. The molecule has 2 N–H and O–H groups in total. The van der Waals surface area contributed by atoms with Crippen molar-refractivity contribution in [2.75, 3.05) is 0 Å². The summed E-state index contributed by atoms with van der Waals surface area (Å²) in [6, 6.07) is 8.94. The molecule has 1 atom stereocenters. The monoisotopic (exact) mass is 531 g/mol. The number of hydrogen-bond donors (Lipinski definition) is 2. The molecule has 0 amide bonds. The van der Waals surface area contributed by atoms with Crippen LogP contribution in [0.3, 0.4) is 0 Å². The SMILES string of the molecule is CC1CCC(Cn2c(C(O)c3ccccn3)nc3cc(-c4noc(=O)[nH]4)nc(-c4cncc(Cl)c4)c32)CC1. The van der Waals surface area contributed by atoms with E-state index in [9.17, 15) is 9.90 Å². The van der Waals surface area contributed by atoms with E-state index < -0.39 is 11.9 Å². The fourth-order valence-electron chi connectivity index (χ4n) is 5.21. The maximum atomic E-state index is 11.7. The molecule has 10 nitrogen and oxygen atoms in total. The van der Waals surface area contributed by atoms with Gasteiger partial charge >= 0.3 is 5.76 Å². The van der Waals surface area contributed by atoms with Gasteiger partial charge in [-0.25, -0.2) is 14.8 Å². The molecule has 0 saturated heterocycles. The van der Waals surface area contributed by atoms with Crippen molar-refractivity contribution in [1.82, 2.24) is 34.6 Å². The molecule has 0 aliphatic heterocycles. The van der Waals surface area contributed by atoms with E-state index in [1.807, 2.05) is 12.1 Å². The van der Waals surface area contributed by atoms with Gasteiger partial charge in [0, 0.05) is 30.7 Å². The number of aliphatic hydroxyl groups excluding tert-OH is 1. The van der Waals surface area contributed by atoms with Crippen molar-refractivity contribution < 1.29 is 9.63 Å². The van der Waals surface area contributed by atoms with E-state index in [-0.39, 0.29) is 5.82 Å². The lowest BCUT2D eigenvalue weighted by Crippen LogP contribution is -2.20. The van der Waals surface area contributed by atoms with E-state index in [2.05, 4.69) is 31.6 Å². The van der Waals surface area contributed by atoms with Gasteiger partial charge in [-0.2, -0.15) is 0 Å². The van der Waals surface area contributed by atoms with Crippen LogP contribution in [0.1, 0.15) is 50.2 Å². The van der Waals surface area contributed by atoms with E-state index in [4.69, 9.17) is 26.1 Å². The molecule has 1 saturated carbocycles. The minimum atomic E-state index is -1.05. The number of H-pyrrole nitrogens is 1. The number of aromatic nitrogens is 7. The third kappa shape index (κ3) is 4.72. The maximum Gasteiger partial charge on any atom is 0.439 e. The Balaban J connectivity index is 1.59. The van der Waals surface area contributed by atoms with Crippen LogP contribution in [0.25, 0.3) is 33.8 Å². The minimum absolute atomic E-state index is 0.177. The summed E-state index contributed by atoms with van der Waals surface area (Å²) in [6.07, 6.45) is 8.36. The van der Waals surface area contributed by atoms with Gasteiger partial charge in [-0.3, -0.25) is 19.5 Å². The molecular weight excluding hydrogens is 506 g/mol.